The van der Waals surface area contributed by atoms with Gasteiger partial charge in [-0.05, 0) is 32.2 Å². The molecule has 3 rings (SSSR count). The van der Waals surface area contributed by atoms with Crippen molar-refractivity contribution in [2.75, 3.05) is 37.3 Å². The normalized spacial score (nSPS) is 23.5. The van der Waals surface area contributed by atoms with Gasteiger partial charge in [-0.25, -0.2) is 18.4 Å². The fraction of sp³-hybridized carbons (Fsp3) is 0.765. The van der Waals surface area contributed by atoms with Crippen LogP contribution in [0.25, 0.3) is 0 Å². The van der Waals surface area contributed by atoms with Crippen LogP contribution in [0.5, 0.6) is 0 Å². The molecule has 24 heavy (non-hydrogen) atoms. The van der Waals surface area contributed by atoms with Crippen molar-refractivity contribution >= 4 is 15.8 Å². The van der Waals surface area contributed by atoms with Gasteiger partial charge in [-0.1, -0.05) is 19.3 Å². The summed E-state index contributed by atoms with van der Waals surface area (Å²) < 4.78 is 24.3. The van der Waals surface area contributed by atoms with Gasteiger partial charge >= 0.3 is 0 Å². The maximum absolute atomic E-state index is 12.2. The molecule has 0 bridgehead atoms. The molecule has 0 saturated carbocycles. The Balaban J connectivity index is 1.93. The van der Waals surface area contributed by atoms with Gasteiger partial charge in [-0.15, -0.1) is 0 Å². The predicted octanol–water partition coefficient (Wildman–Crippen LogP) is 2.12. The summed E-state index contributed by atoms with van der Waals surface area (Å²) in [6, 6.07) is 0. The number of aromatic nitrogens is 2. The van der Waals surface area contributed by atoms with Crippen LogP contribution in [0.1, 0.15) is 56.6 Å². The Morgan fingerprint density at radius 3 is 2.46 bits per heavy atom. The Morgan fingerprint density at radius 2 is 1.83 bits per heavy atom. The van der Waals surface area contributed by atoms with E-state index in [1.807, 2.05) is 0 Å². The molecular weight excluding hydrogens is 324 g/mol. The van der Waals surface area contributed by atoms with Gasteiger partial charge in [0.2, 0.25) is 5.95 Å². The molecule has 6 nitrogen and oxygen atoms in total. The van der Waals surface area contributed by atoms with Crippen LogP contribution in [-0.2, 0) is 9.84 Å². The first-order valence-electron chi connectivity index (χ1n) is 9.08. The van der Waals surface area contributed by atoms with Gasteiger partial charge in [-0.3, -0.25) is 0 Å². The molecule has 2 aliphatic rings. The Bertz CT molecular complexity index is 649. The van der Waals surface area contributed by atoms with E-state index in [9.17, 15) is 8.42 Å². The number of hydrogen-bond donors (Lipinski definition) is 1. The first-order chi connectivity index (χ1) is 11.6. The van der Waals surface area contributed by atoms with Gasteiger partial charge < -0.3 is 10.2 Å². The van der Waals surface area contributed by atoms with Crippen LogP contribution in [0.3, 0.4) is 0 Å². The highest BCUT2D eigenvalue weighted by Gasteiger charge is 2.26. The fourth-order valence-electron chi connectivity index (χ4n) is 3.64. The van der Waals surface area contributed by atoms with Crippen LogP contribution < -0.4 is 10.2 Å². The molecule has 0 spiro atoms. The average Bonchev–Trinajstić information content (AvgIpc) is 2.54. The van der Waals surface area contributed by atoms with Gasteiger partial charge in [0.25, 0.3) is 0 Å². The van der Waals surface area contributed by atoms with E-state index < -0.39 is 9.84 Å². The molecule has 7 heteroatoms. The number of sulfone groups is 1. The zero-order valence-corrected chi connectivity index (χ0v) is 15.3. The third-order valence-electron chi connectivity index (χ3n) is 4.99. The Kier molecular flexibility index (Phi) is 5.71. The minimum atomic E-state index is -3.31. The lowest BCUT2D eigenvalue weighted by atomic mass is 9.96. The van der Waals surface area contributed by atoms with Crippen molar-refractivity contribution < 1.29 is 8.42 Å². The largest absolute Gasteiger partial charge is 0.341 e. The fourth-order valence-corrected chi connectivity index (χ4v) is 4.47. The van der Waals surface area contributed by atoms with Crippen molar-refractivity contribution in [2.24, 2.45) is 0 Å². The summed E-state index contributed by atoms with van der Waals surface area (Å²) in [7, 11) is -3.31. The van der Waals surface area contributed by atoms with Crippen molar-refractivity contribution in [2.45, 2.75) is 55.8 Å². The molecule has 0 unspecified atom stereocenters. The average molecular weight is 353 g/mol. The Labute approximate surface area is 145 Å². The second-order valence-electron chi connectivity index (χ2n) is 6.99. The SMILES string of the molecule is CS(=O)(=O)c1cnc(N2CCCCCCC2)nc1[C@@H]1CCCNC1. The van der Waals surface area contributed by atoms with Crippen molar-refractivity contribution in [1.29, 1.82) is 0 Å². The summed E-state index contributed by atoms with van der Waals surface area (Å²) in [6.07, 6.45) is 10.9. The molecule has 134 valence electrons. The van der Waals surface area contributed by atoms with E-state index in [4.69, 9.17) is 4.98 Å². The van der Waals surface area contributed by atoms with Gasteiger partial charge in [0.05, 0.1) is 11.9 Å². The molecule has 1 atom stereocenters. The van der Waals surface area contributed by atoms with Crippen molar-refractivity contribution in [3.05, 3.63) is 11.9 Å². The van der Waals surface area contributed by atoms with Crippen LogP contribution in [0, 0.1) is 0 Å². The smallest absolute Gasteiger partial charge is 0.225 e. The van der Waals surface area contributed by atoms with Gasteiger partial charge in [-0.2, -0.15) is 0 Å². The molecule has 0 radical (unpaired) electrons. The van der Waals surface area contributed by atoms with Gasteiger partial charge in [0.1, 0.15) is 4.90 Å². The van der Waals surface area contributed by atoms with E-state index in [2.05, 4.69) is 15.2 Å². The maximum Gasteiger partial charge on any atom is 0.225 e. The first-order valence-corrected chi connectivity index (χ1v) is 11.0. The third-order valence-corrected chi connectivity index (χ3v) is 6.11. The minimum Gasteiger partial charge on any atom is -0.341 e. The summed E-state index contributed by atoms with van der Waals surface area (Å²) in [5.41, 5.74) is 0.705. The molecule has 1 N–H and O–H groups in total. The summed E-state index contributed by atoms with van der Waals surface area (Å²) in [5, 5.41) is 3.36. The third kappa shape index (κ3) is 4.25. The summed E-state index contributed by atoms with van der Waals surface area (Å²) >= 11 is 0. The first kappa shape index (κ1) is 17.6. The Hall–Kier alpha value is -1.21. The molecule has 0 amide bonds. The lowest BCUT2D eigenvalue weighted by Gasteiger charge is -2.28. The quantitative estimate of drug-likeness (QED) is 0.898. The standard InChI is InChI=1S/C17H28N4O2S/c1-24(22,23)15-13-19-17(21-10-5-3-2-4-6-11-21)20-16(15)14-8-7-9-18-12-14/h13-14,18H,2-12H2,1H3/t14-/m1/s1. The molecular formula is C17H28N4O2S. The summed E-state index contributed by atoms with van der Waals surface area (Å²) in [5.74, 6) is 0.852. The molecule has 2 saturated heterocycles. The molecule has 0 aromatic carbocycles. The molecule has 3 heterocycles. The van der Waals surface area contributed by atoms with Crippen molar-refractivity contribution in [1.82, 2.24) is 15.3 Å². The van der Waals surface area contributed by atoms with Crippen LogP contribution in [0.15, 0.2) is 11.1 Å². The molecule has 1 aromatic heterocycles. The van der Waals surface area contributed by atoms with Crippen molar-refractivity contribution in [3.63, 3.8) is 0 Å². The Morgan fingerprint density at radius 1 is 1.12 bits per heavy atom. The van der Waals surface area contributed by atoms with E-state index in [-0.39, 0.29) is 5.92 Å². The summed E-state index contributed by atoms with van der Waals surface area (Å²) in [6.45, 7) is 3.70. The highest BCUT2D eigenvalue weighted by atomic mass is 32.2. The maximum atomic E-state index is 12.2. The van der Waals surface area contributed by atoms with E-state index in [0.717, 1.165) is 51.9 Å². The second-order valence-corrected chi connectivity index (χ2v) is 8.97. The van der Waals surface area contributed by atoms with Crippen LogP contribution in [-0.4, -0.2) is 50.8 Å². The molecule has 0 aliphatic carbocycles. The second kappa shape index (κ2) is 7.78. The number of anilines is 1. The molecule has 2 fully saturated rings. The van der Waals surface area contributed by atoms with Crippen LogP contribution in [0.4, 0.5) is 5.95 Å². The number of piperidine rings is 1. The lowest BCUT2D eigenvalue weighted by Crippen LogP contribution is -2.32. The zero-order chi connectivity index (χ0) is 17.0. The van der Waals surface area contributed by atoms with E-state index in [0.29, 0.717) is 16.5 Å². The summed E-state index contributed by atoms with van der Waals surface area (Å²) in [4.78, 5) is 11.7. The highest BCUT2D eigenvalue weighted by molar-refractivity contribution is 7.90. The molecule has 2 aliphatic heterocycles. The van der Waals surface area contributed by atoms with Gasteiger partial charge in [0.15, 0.2) is 9.84 Å². The van der Waals surface area contributed by atoms with Crippen LogP contribution in [0.2, 0.25) is 0 Å². The topological polar surface area (TPSA) is 75.2 Å². The van der Waals surface area contributed by atoms with E-state index >= 15 is 0 Å². The zero-order valence-electron chi connectivity index (χ0n) is 14.5. The number of rotatable bonds is 3. The lowest BCUT2D eigenvalue weighted by molar-refractivity contribution is 0.447. The van der Waals surface area contributed by atoms with E-state index in [1.54, 1.807) is 0 Å². The van der Waals surface area contributed by atoms with E-state index in [1.165, 1.54) is 31.7 Å². The number of nitrogens with zero attached hydrogens (tertiary/aromatic N) is 3. The van der Waals surface area contributed by atoms with Crippen LogP contribution >= 0.6 is 0 Å². The van der Waals surface area contributed by atoms with Gasteiger partial charge in [0, 0.05) is 31.8 Å². The molecule has 1 aromatic rings. The monoisotopic (exact) mass is 352 g/mol. The minimum absolute atomic E-state index is 0.153. The predicted molar refractivity (Wildman–Crippen MR) is 95.3 cm³/mol. The highest BCUT2D eigenvalue weighted by Crippen LogP contribution is 2.29. The number of nitrogens with one attached hydrogen (secondary N) is 1. The number of hydrogen-bond acceptors (Lipinski definition) is 6. The van der Waals surface area contributed by atoms with Crippen molar-refractivity contribution in [3.8, 4) is 0 Å².